The van der Waals surface area contributed by atoms with E-state index in [0.717, 1.165) is 6.04 Å². The molecule has 0 aromatic carbocycles. The van der Waals surface area contributed by atoms with Crippen LogP contribution in [0.1, 0.15) is 52.4 Å². The molecule has 0 saturated heterocycles. The molecule has 0 amide bonds. The summed E-state index contributed by atoms with van der Waals surface area (Å²) in [5, 5.41) is 3.74. The molecule has 2 heteroatoms. The van der Waals surface area contributed by atoms with Crippen molar-refractivity contribution in [1.82, 2.24) is 5.32 Å². The van der Waals surface area contributed by atoms with E-state index >= 15 is 0 Å². The monoisotopic (exact) mass is 229 g/mol. The lowest BCUT2D eigenvalue weighted by molar-refractivity contribution is 0.283. The lowest BCUT2D eigenvalue weighted by Crippen LogP contribution is -2.38. The molecule has 0 radical (unpaired) electrons. The highest BCUT2D eigenvalue weighted by Crippen LogP contribution is 2.37. The van der Waals surface area contributed by atoms with Gasteiger partial charge in [-0.15, -0.1) is 0 Å². The molecule has 90 valence electrons. The number of hydrogen-bond donors (Lipinski definition) is 1. The molecular formula is C13H27NS. The molecule has 1 unspecified atom stereocenters. The minimum absolute atomic E-state index is 0.541. The predicted octanol–water partition coefficient (Wildman–Crippen LogP) is 3.69. The van der Waals surface area contributed by atoms with Gasteiger partial charge in [-0.25, -0.2) is 0 Å². The fourth-order valence-electron chi connectivity index (χ4n) is 2.53. The second-order valence-corrected chi connectivity index (χ2v) is 6.43. The summed E-state index contributed by atoms with van der Waals surface area (Å²) in [5.41, 5.74) is 0.541. The standard InChI is InChI=1S/C13H27NS/c1-13(2)9-7-8-12(13)14-10-5-4-6-11-15-3/h12,14H,4-11H2,1-3H3. The van der Waals surface area contributed by atoms with E-state index < -0.39 is 0 Å². The highest BCUT2D eigenvalue weighted by molar-refractivity contribution is 7.98. The van der Waals surface area contributed by atoms with Crippen LogP contribution in [0.4, 0.5) is 0 Å². The first-order valence-corrected chi connectivity index (χ1v) is 7.78. The van der Waals surface area contributed by atoms with Crippen molar-refractivity contribution in [1.29, 1.82) is 0 Å². The average molecular weight is 229 g/mol. The Morgan fingerprint density at radius 1 is 1.27 bits per heavy atom. The molecule has 0 aromatic rings. The van der Waals surface area contributed by atoms with E-state index in [4.69, 9.17) is 0 Å². The van der Waals surface area contributed by atoms with Crippen LogP contribution in [0.3, 0.4) is 0 Å². The fraction of sp³-hybridized carbons (Fsp3) is 1.00. The summed E-state index contributed by atoms with van der Waals surface area (Å²) in [6, 6.07) is 0.776. The Bertz CT molecular complexity index is 168. The molecular weight excluding hydrogens is 202 g/mol. The highest BCUT2D eigenvalue weighted by atomic mass is 32.2. The first-order chi connectivity index (χ1) is 7.17. The van der Waals surface area contributed by atoms with Gasteiger partial charge < -0.3 is 5.32 Å². The van der Waals surface area contributed by atoms with Crippen molar-refractivity contribution < 1.29 is 0 Å². The molecule has 0 aliphatic heterocycles. The van der Waals surface area contributed by atoms with Gasteiger partial charge in [-0.1, -0.05) is 26.7 Å². The molecule has 15 heavy (non-hydrogen) atoms. The molecule has 0 spiro atoms. The van der Waals surface area contributed by atoms with Crippen LogP contribution in [-0.4, -0.2) is 24.6 Å². The molecule has 0 bridgehead atoms. The average Bonchev–Trinajstić information content (AvgIpc) is 2.52. The molecule has 0 aromatic heterocycles. The number of unbranched alkanes of at least 4 members (excludes halogenated alkanes) is 2. The molecule has 1 aliphatic rings. The van der Waals surface area contributed by atoms with Crippen LogP contribution in [0, 0.1) is 5.41 Å². The highest BCUT2D eigenvalue weighted by Gasteiger charge is 2.33. The third-order valence-corrected chi connectivity index (χ3v) is 4.37. The third-order valence-electron chi connectivity index (χ3n) is 3.67. The normalized spacial score (nSPS) is 24.6. The second-order valence-electron chi connectivity index (χ2n) is 5.44. The first kappa shape index (κ1) is 13.4. The minimum atomic E-state index is 0.541. The van der Waals surface area contributed by atoms with Gasteiger partial charge in [0, 0.05) is 6.04 Å². The number of hydrogen-bond acceptors (Lipinski definition) is 2. The van der Waals surface area contributed by atoms with Crippen LogP contribution in [0.5, 0.6) is 0 Å². The van der Waals surface area contributed by atoms with E-state index in [2.05, 4.69) is 25.4 Å². The predicted molar refractivity (Wildman–Crippen MR) is 71.7 cm³/mol. The van der Waals surface area contributed by atoms with E-state index in [-0.39, 0.29) is 0 Å². The summed E-state index contributed by atoms with van der Waals surface area (Å²) < 4.78 is 0. The Morgan fingerprint density at radius 2 is 2.07 bits per heavy atom. The summed E-state index contributed by atoms with van der Waals surface area (Å²) >= 11 is 1.96. The molecule has 1 nitrogen and oxygen atoms in total. The quantitative estimate of drug-likeness (QED) is 0.668. The Kier molecular flexibility index (Phi) is 6.06. The first-order valence-electron chi connectivity index (χ1n) is 6.39. The van der Waals surface area contributed by atoms with Gasteiger partial charge in [-0.3, -0.25) is 0 Å². The van der Waals surface area contributed by atoms with Crippen LogP contribution in [0.25, 0.3) is 0 Å². The summed E-state index contributed by atoms with van der Waals surface area (Å²) in [6.07, 6.45) is 10.5. The van der Waals surface area contributed by atoms with Crippen molar-refractivity contribution in [2.24, 2.45) is 5.41 Å². The lowest BCUT2D eigenvalue weighted by Gasteiger charge is -2.28. The smallest absolute Gasteiger partial charge is 0.0118 e. The van der Waals surface area contributed by atoms with Gasteiger partial charge in [0.2, 0.25) is 0 Å². The Morgan fingerprint density at radius 3 is 2.67 bits per heavy atom. The maximum Gasteiger partial charge on any atom is 0.0118 e. The second kappa shape index (κ2) is 6.80. The molecule has 1 atom stereocenters. The van der Waals surface area contributed by atoms with Crippen molar-refractivity contribution in [2.75, 3.05) is 18.6 Å². The molecule has 1 N–H and O–H groups in total. The maximum absolute atomic E-state index is 3.74. The lowest BCUT2D eigenvalue weighted by atomic mass is 9.87. The summed E-state index contributed by atoms with van der Waals surface area (Å²) in [4.78, 5) is 0. The summed E-state index contributed by atoms with van der Waals surface area (Å²) in [5.74, 6) is 1.33. The number of thioether (sulfide) groups is 1. The third kappa shape index (κ3) is 4.78. The van der Waals surface area contributed by atoms with Crippen LogP contribution >= 0.6 is 11.8 Å². The Labute approximate surface area is 99.8 Å². The number of nitrogens with one attached hydrogen (secondary N) is 1. The topological polar surface area (TPSA) is 12.0 Å². The molecule has 1 saturated carbocycles. The van der Waals surface area contributed by atoms with Gasteiger partial charge >= 0.3 is 0 Å². The van der Waals surface area contributed by atoms with Crippen molar-refractivity contribution in [2.45, 2.75) is 58.4 Å². The maximum atomic E-state index is 3.74. The zero-order chi connectivity index (χ0) is 11.1. The van der Waals surface area contributed by atoms with Crippen LogP contribution in [-0.2, 0) is 0 Å². The van der Waals surface area contributed by atoms with Gasteiger partial charge in [-0.2, -0.15) is 11.8 Å². The van der Waals surface area contributed by atoms with E-state index in [1.54, 1.807) is 0 Å². The minimum Gasteiger partial charge on any atom is -0.313 e. The van der Waals surface area contributed by atoms with Crippen molar-refractivity contribution >= 4 is 11.8 Å². The Balaban J connectivity index is 2.00. The summed E-state index contributed by atoms with van der Waals surface area (Å²) in [6.45, 7) is 6.04. The largest absolute Gasteiger partial charge is 0.313 e. The summed E-state index contributed by atoms with van der Waals surface area (Å²) in [7, 11) is 0. The van der Waals surface area contributed by atoms with Gasteiger partial charge in [-0.05, 0) is 49.7 Å². The van der Waals surface area contributed by atoms with E-state index in [1.807, 2.05) is 11.8 Å². The zero-order valence-electron chi connectivity index (χ0n) is 10.6. The molecule has 1 rings (SSSR count). The number of rotatable bonds is 7. The fourth-order valence-corrected chi connectivity index (χ4v) is 3.02. The molecule has 1 fully saturated rings. The van der Waals surface area contributed by atoms with E-state index in [9.17, 15) is 0 Å². The van der Waals surface area contributed by atoms with E-state index in [1.165, 1.54) is 50.8 Å². The van der Waals surface area contributed by atoms with Crippen molar-refractivity contribution in [3.05, 3.63) is 0 Å². The molecule has 1 aliphatic carbocycles. The van der Waals surface area contributed by atoms with Crippen LogP contribution in [0.15, 0.2) is 0 Å². The van der Waals surface area contributed by atoms with Gasteiger partial charge in [0.15, 0.2) is 0 Å². The Hall–Kier alpha value is 0.310. The molecule has 0 heterocycles. The van der Waals surface area contributed by atoms with Gasteiger partial charge in [0.25, 0.3) is 0 Å². The van der Waals surface area contributed by atoms with E-state index in [0.29, 0.717) is 5.41 Å². The van der Waals surface area contributed by atoms with Crippen LogP contribution < -0.4 is 5.32 Å². The zero-order valence-corrected chi connectivity index (χ0v) is 11.5. The van der Waals surface area contributed by atoms with Gasteiger partial charge in [0.05, 0.1) is 0 Å². The van der Waals surface area contributed by atoms with Crippen LogP contribution in [0.2, 0.25) is 0 Å². The van der Waals surface area contributed by atoms with Crippen molar-refractivity contribution in [3.63, 3.8) is 0 Å². The van der Waals surface area contributed by atoms with Gasteiger partial charge in [0.1, 0.15) is 0 Å². The van der Waals surface area contributed by atoms with Crippen molar-refractivity contribution in [3.8, 4) is 0 Å². The SMILES string of the molecule is CSCCCCCNC1CCCC1(C)C.